The van der Waals surface area contributed by atoms with Gasteiger partial charge in [-0.25, -0.2) is 0 Å². The van der Waals surface area contributed by atoms with Crippen molar-refractivity contribution in [2.24, 2.45) is 5.41 Å². The number of rotatable bonds is 6. The van der Waals surface area contributed by atoms with E-state index in [0.717, 1.165) is 64.9 Å². The summed E-state index contributed by atoms with van der Waals surface area (Å²) < 4.78 is 16.8. The summed E-state index contributed by atoms with van der Waals surface area (Å²) in [6, 6.07) is 5.62. The molecule has 1 amide bonds. The predicted molar refractivity (Wildman–Crippen MR) is 113 cm³/mol. The first kappa shape index (κ1) is 21.4. The fourth-order valence-electron chi connectivity index (χ4n) is 5.26. The zero-order valence-corrected chi connectivity index (χ0v) is 18.1. The molecule has 7 heteroatoms. The SMILES string of the molecule is COc1cc(OC)cc(C(=O)N2CCC3(CC2)COC(CN2CCC[C@H]2CO)C3)c1. The maximum atomic E-state index is 13.1. The van der Waals surface area contributed by atoms with Crippen LogP contribution in [0.25, 0.3) is 0 Å². The number of methoxy groups -OCH3 is 2. The highest BCUT2D eigenvalue weighted by molar-refractivity contribution is 5.95. The Morgan fingerprint density at radius 2 is 1.87 bits per heavy atom. The molecule has 0 aromatic heterocycles. The minimum Gasteiger partial charge on any atom is -0.497 e. The molecule has 1 N–H and O–H groups in total. The van der Waals surface area contributed by atoms with Gasteiger partial charge >= 0.3 is 0 Å². The van der Waals surface area contributed by atoms with Crippen LogP contribution in [0.3, 0.4) is 0 Å². The average molecular weight is 419 g/mol. The molecular weight excluding hydrogens is 384 g/mol. The lowest BCUT2D eigenvalue weighted by atomic mass is 9.76. The van der Waals surface area contributed by atoms with Gasteiger partial charge in [-0.2, -0.15) is 0 Å². The van der Waals surface area contributed by atoms with E-state index in [2.05, 4.69) is 4.90 Å². The first-order valence-corrected chi connectivity index (χ1v) is 11.0. The third-order valence-electron chi connectivity index (χ3n) is 7.14. The standard InChI is InChI=1S/C23H34N2O5/c1-28-19-10-17(11-20(12-19)29-2)22(27)24-8-5-23(6-9-24)13-21(30-16-23)14-25-7-3-4-18(25)15-26/h10-12,18,21,26H,3-9,13-16H2,1-2H3/t18-,21?/m0/s1. The van der Waals surface area contributed by atoms with Gasteiger partial charge in [0.15, 0.2) is 0 Å². The normalized spacial score (nSPS) is 26.3. The van der Waals surface area contributed by atoms with E-state index in [0.29, 0.717) is 23.1 Å². The second-order valence-corrected chi connectivity index (χ2v) is 9.00. The van der Waals surface area contributed by atoms with Crippen molar-refractivity contribution in [2.45, 2.75) is 44.2 Å². The first-order valence-electron chi connectivity index (χ1n) is 11.0. The molecular formula is C23H34N2O5. The summed E-state index contributed by atoms with van der Waals surface area (Å²) in [5, 5.41) is 9.56. The van der Waals surface area contributed by atoms with Gasteiger partial charge in [-0.05, 0) is 56.2 Å². The smallest absolute Gasteiger partial charge is 0.254 e. The van der Waals surface area contributed by atoms with Gasteiger partial charge in [-0.1, -0.05) is 0 Å². The van der Waals surface area contributed by atoms with Crippen LogP contribution in [0.1, 0.15) is 42.5 Å². The van der Waals surface area contributed by atoms with Gasteiger partial charge < -0.3 is 24.2 Å². The van der Waals surface area contributed by atoms with E-state index < -0.39 is 0 Å². The number of hydrogen-bond donors (Lipinski definition) is 1. The molecule has 166 valence electrons. The van der Waals surface area contributed by atoms with Crippen molar-refractivity contribution < 1.29 is 24.1 Å². The number of carbonyl (C=O) groups is 1. The number of aliphatic hydroxyl groups is 1. The van der Waals surface area contributed by atoms with Crippen molar-refractivity contribution in [3.05, 3.63) is 23.8 Å². The van der Waals surface area contributed by atoms with Crippen LogP contribution in [0, 0.1) is 5.41 Å². The Hall–Kier alpha value is -1.83. The van der Waals surface area contributed by atoms with E-state index >= 15 is 0 Å². The summed E-state index contributed by atoms with van der Waals surface area (Å²) in [6.45, 7) is 4.49. The van der Waals surface area contributed by atoms with Crippen molar-refractivity contribution in [1.82, 2.24) is 9.80 Å². The number of benzene rings is 1. The monoisotopic (exact) mass is 418 g/mol. The second-order valence-electron chi connectivity index (χ2n) is 9.00. The van der Waals surface area contributed by atoms with Crippen molar-refractivity contribution in [3.63, 3.8) is 0 Å². The summed E-state index contributed by atoms with van der Waals surface area (Å²) in [5.74, 6) is 1.28. The summed E-state index contributed by atoms with van der Waals surface area (Å²) in [6.07, 6.45) is 5.48. The molecule has 7 nitrogen and oxygen atoms in total. The highest BCUT2D eigenvalue weighted by Gasteiger charge is 2.44. The first-order chi connectivity index (χ1) is 14.6. The Labute approximate surface area is 178 Å². The topological polar surface area (TPSA) is 71.5 Å². The number of ether oxygens (including phenoxy) is 3. The number of aliphatic hydroxyl groups excluding tert-OH is 1. The molecule has 1 aromatic rings. The molecule has 30 heavy (non-hydrogen) atoms. The Kier molecular flexibility index (Phi) is 6.51. The van der Waals surface area contributed by atoms with Crippen molar-refractivity contribution in [1.29, 1.82) is 0 Å². The summed E-state index contributed by atoms with van der Waals surface area (Å²) in [5.41, 5.74) is 0.786. The average Bonchev–Trinajstić information content (AvgIpc) is 3.40. The molecule has 1 aromatic carbocycles. The van der Waals surface area contributed by atoms with Gasteiger partial charge in [-0.15, -0.1) is 0 Å². The molecule has 3 aliphatic rings. The number of nitrogens with zero attached hydrogens (tertiary/aromatic N) is 2. The van der Waals surface area contributed by atoms with Crippen LogP contribution in [0.5, 0.6) is 11.5 Å². The third kappa shape index (κ3) is 4.43. The van der Waals surface area contributed by atoms with Crippen molar-refractivity contribution in [3.8, 4) is 11.5 Å². The summed E-state index contributed by atoms with van der Waals surface area (Å²) >= 11 is 0. The Morgan fingerprint density at radius 3 is 2.50 bits per heavy atom. The maximum absolute atomic E-state index is 13.1. The lowest BCUT2D eigenvalue weighted by molar-refractivity contribution is 0.0401. The van der Waals surface area contributed by atoms with E-state index in [1.54, 1.807) is 32.4 Å². The Morgan fingerprint density at radius 1 is 1.17 bits per heavy atom. The molecule has 3 fully saturated rings. The number of piperidine rings is 1. The quantitative estimate of drug-likeness (QED) is 0.764. The highest BCUT2D eigenvalue weighted by Crippen LogP contribution is 2.42. The van der Waals surface area contributed by atoms with Gasteiger partial charge in [0.1, 0.15) is 11.5 Å². The molecule has 0 aliphatic carbocycles. The minimum atomic E-state index is 0.0281. The van der Waals surface area contributed by atoms with Gasteiger partial charge in [0.2, 0.25) is 0 Å². The summed E-state index contributed by atoms with van der Waals surface area (Å²) in [4.78, 5) is 17.4. The van der Waals surface area contributed by atoms with Crippen LogP contribution in [0.15, 0.2) is 18.2 Å². The van der Waals surface area contributed by atoms with Gasteiger partial charge in [0.25, 0.3) is 5.91 Å². The van der Waals surface area contributed by atoms with E-state index in [1.165, 1.54) is 0 Å². The van der Waals surface area contributed by atoms with E-state index in [4.69, 9.17) is 14.2 Å². The predicted octanol–water partition coefficient (Wildman–Crippen LogP) is 2.17. The zero-order chi connectivity index (χ0) is 21.1. The van der Waals surface area contributed by atoms with Crippen LogP contribution in [0.4, 0.5) is 0 Å². The Bertz CT molecular complexity index is 725. The van der Waals surface area contributed by atoms with Crippen LogP contribution in [0.2, 0.25) is 0 Å². The number of carbonyl (C=O) groups excluding carboxylic acids is 1. The van der Waals surface area contributed by atoms with Gasteiger partial charge in [0, 0.05) is 37.3 Å². The molecule has 3 heterocycles. The molecule has 2 atom stereocenters. The Balaban J connectivity index is 1.33. The molecule has 4 rings (SSSR count). The van der Waals surface area contributed by atoms with Crippen LogP contribution < -0.4 is 9.47 Å². The molecule has 1 unspecified atom stereocenters. The van der Waals surface area contributed by atoms with Crippen molar-refractivity contribution >= 4 is 5.91 Å². The van der Waals surface area contributed by atoms with Gasteiger partial charge in [0.05, 0.1) is 33.5 Å². The lowest BCUT2D eigenvalue weighted by Gasteiger charge is -2.38. The van der Waals surface area contributed by atoms with Gasteiger partial charge in [-0.3, -0.25) is 9.69 Å². The van der Waals surface area contributed by atoms with E-state index in [9.17, 15) is 9.90 Å². The van der Waals surface area contributed by atoms with Crippen LogP contribution in [-0.2, 0) is 4.74 Å². The lowest BCUT2D eigenvalue weighted by Crippen LogP contribution is -2.44. The molecule has 3 saturated heterocycles. The molecule has 0 radical (unpaired) electrons. The fourth-order valence-corrected chi connectivity index (χ4v) is 5.26. The highest BCUT2D eigenvalue weighted by atomic mass is 16.5. The van der Waals surface area contributed by atoms with E-state index in [1.807, 2.05) is 4.90 Å². The van der Waals surface area contributed by atoms with Crippen LogP contribution >= 0.6 is 0 Å². The number of likely N-dealkylation sites (tertiary alicyclic amines) is 2. The molecule has 3 aliphatic heterocycles. The largest absolute Gasteiger partial charge is 0.497 e. The maximum Gasteiger partial charge on any atom is 0.254 e. The number of amides is 1. The zero-order valence-electron chi connectivity index (χ0n) is 18.1. The molecule has 0 saturated carbocycles. The summed E-state index contributed by atoms with van der Waals surface area (Å²) in [7, 11) is 3.18. The molecule has 1 spiro atoms. The van der Waals surface area contributed by atoms with Crippen LogP contribution in [-0.4, -0.2) is 86.6 Å². The second kappa shape index (κ2) is 9.12. The fraction of sp³-hybridized carbons (Fsp3) is 0.696. The number of hydrogen-bond acceptors (Lipinski definition) is 6. The third-order valence-corrected chi connectivity index (χ3v) is 7.14. The minimum absolute atomic E-state index is 0.0281. The van der Waals surface area contributed by atoms with Crippen molar-refractivity contribution in [2.75, 3.05) is 53.6 Å². The van der Waals surface area contributed by atoms with E-state index in [-0.39, 0.29) is 24.0 Å². The molecule has 0 bridgehead atoms.